The predicted molar refractivity (Wildman–Crippen MR) is 104 cm³/mol. The van der Waals surface area contributed by atoms with Crippen molar-refractivity contribution in [2.24, 2.45) is 5.16 Å². The first-order valence-corrected chi connectivity index (χ1v) is 10.2. The van der Waals surface area contributed by atoms with Gasteiger partial charge in [-0.3, -0.25) is 4.79 Å². The smallest absolute Gasteiger partial charge is 0.408 e. The minimum atomic E-state index is -0.605. The summed E-state index contributed by atoms with van der Waals surface area (Å²) < 4.78 is 10.4. The quantitative estimate of drug-likeness (QED) is 0.412. The van der Waals surface area contributed by atoms with Crippen molar-refractivity contribution in [1.82, 2.24) is 5.32 Å². The van der Waals surface area contributed by atoms with Gasteiger partial charge in [-0.1, -0.05) is 58.3 Å². The Kier molecular flexibility index (Phi) is 10.8. The van der Waals surface area contributed by atoms with Gasteiger partial charge in [-0.15, -0.1) is 0 Å². The first kappa shape index (κ1) is 23.2. The van der Waals surface area contributed by atoms with Crippen molar-refractivity contribution in [3.63, 3.8) is 0 Å². The molecule has 1 atom stereocenters. The molecule has 27 heavy (non-hydrogen) atoms. The fraction of sp³-hybridized carbons (Fsp3) is 0.850. The van der Waals surface area contributed by atoms with Crippen LogP contribution >= 0.6 is 0 Å². The van der Waals surface area contributed by atoms with Crippen molar-refractivity contribution in [2.75, 3.05) is 6.61 Å². The number of carbonyl (C=O) groups is 2. The largest absolute Gasteiger partial charge is 0.444 e. The van der Waals surface area contributed by atoms with Gasteiger partial charge < -0.3 is 19.6 Å². The van der Waals surface area contributed by atoms with Crippen LogP contribution in [0.2, 0.25) is 0 Å². The Hall–Kier alpha value is -1.79. The predicted octanol–water partition coefficient (Wildman–Crippen LogP) is 4.69. The molecule has 1 amide bonds. The van der Waals surface area contributed by atoms with Crippen LogP contribution in [0.25, 0.3) is 0 Å². The Bertz CT molecular complexity index is 485. The van der Waals surface area contributed by atoms with E-state index in [1.54, 1.807) is 20.8 Å². The summed E-state index contributed by atoms with van der Waals surface area (Å²) in [4.78, 5) is 28.7. The van der Waals surface area contributed by atoms with Gasteiger partial charge in [0, 0.05) is 6.42 Å². The molecule has 0 spiro atoms. The summed E-state index contributed by atoms with van der Waals surface area (Å²) in [6, 6.07) is -0.605. The third-order valence-corrected chi connectivity index (χ3v) is 4.09. The van der Waals surface area contributed by atoms with Crippen LogP contribution in [0.5, 0.6) is 0 Å². The molecule has 156 valence electrons. The fourth-order valence-corrected chi connectivity index (χ4v) is 2.70. The van der Waals surface area contributed by atoms with Gasteiger partial charge in [-0.2, -0.15) is 0 Å². The van der Waals surface area contributed by atoms with E-state index in [1.807, 2.05) is 0 Å². The number of nitrogens with one attached hydrogen (secondary N) is 1. The maximum absolute atomic E-state index is 12.0. The number of ether oxygens (including phenoxy) is 2. The number of nitrogens with zero attached hydrogens (tertiary/aromatic N) is 1. The highest BCUT2D eigenvalue weighted by Gasteiger charge is 2.30. The lowest BCUT2D eigenvalue weighted by atomic mass is 10.1. The van der Waals surface area contributed by atoms with E-state index in [4.69, 9.17) is 14.3 Å². The van der Waals surface area contributed by atoms with Crippen molar-refractivity contribution in [3.8, 4) is 0 Å². The minimum absolute atomic E-state index is 0.0850. The van der Waals surface area contributed by atoms with Gasteiger partial charge in [0.2, 0.25) is 0 Å². The molecule has 0 aromatic heterocycles. The van der Waals surface area contributed by atoms with Gasteiger partial charge in [0.25, 0.3) is 5.90 Å². The zero-order valence-electron chi connectivity index (χ0n) is 17.3. The molecule has 1 aliphatic heterocycles. The lowest BCUT2D eigenvalue weighted by Crippen LogP contribution is -2.44. The highest BCUT2D eigenvalue weighted by atomic mass is 16.7. The molecular weight excluding hydrogens is 348 g/mol. The van der Waals surface area contributed by atoms with E-state index in [9.17, 15) is 9.59 Å². The monoisotopic (exact) mass is 384 g/mol. The second-order valence-electron chi connectivity index (χ2n) is 7.98. The number of unbranched alkanes of at least 4 members (excludes halogenated alkanes) is 8. The first-order chi connectivity index (χ1) is 12.8. The molecule has 0 saturated carbocycles. The van der Waals surface area contributed by atoms with Crippen molar-refractivity contribution < 1.29 is 23.9 Å². The standard InChI is InChI=1S/C20H36N2O5/c1-5-6-7-8-9-10-11-12-13-14-17(23)26-18-16(15-25-22-18)21-19(24)27-20(2,3)4/h16H,5-15H2,1-4H3,(H,21,24)/t16-/m1/s1. The lowest BCUT2D eigenvalue weighted by Gasteiger charge is -2.21. The molecular formula is C20H36N2O5. The molecule has 0 radical (unpaired) electrons. The fourth-order valence-electron chi connectivity index (χ4n) is 2.70. The van der Waals surface area contributed by atoms with Crippen LogP contribution in [0.1, 0.15) is 91.9 Å². The van der Waals surface area contributed by atoms with Crippen LogP contribution in [0.3, 0.4) is 0 Å². The summed E-state index contributed by atoms with van der Waals surface area (Å²) in [6.45, 7) is 7.67. The van der Waals surface area contributed by atoms with E-state index in [-0.39, 0.29) is 18.5 Å². The molecule has 7 nitrogen and oxygen atoms in total. The number of alkyl carbamates (subject to hydrolysis) is 1. The third kappa shape index (κ3) is 11.5. The summed E-state index contributed by atoms with van der Waals surface area (Å²) >= 11 is 0. The van der Waals surface area contributed by atoms with E-state index >= 15 is 0 Å². The normalized spacial score (nSPS) is 16.4. The van der Waals surface area contributed by atoms with E-state index in [0.29, 0.717) is 6.42 Å². The molecule has 1 heterocycles. The molecule has 1 N–H and O–H groups in total. The number of esters is 1. The molecule has 7 heteroatoms. The molecule has 1 aliphatic rings. The van der Waals surface area contributed by atoms with Crippen molar-refractivity contribution in [2.45, 2.75) is 104 Å². The highest BCUT2D eigenvalue weighted by molar-refractivity contribution is 5.94. The van der Waals surface area contributed by atoms with Gasteiger partial charge in [-0.05, 0) is 32.3 Å². The van der Waals surface area contributed by atoms with E-state index in [2.05, 4.69) is 17.4 Å². The molecule has 0 saturated heterocycles. The lowest BCUT2D eigenvalue weighted by molar-refractivity contribution is -0.135. The van der Waals surface area contributed by atoms with Gasteiger partial charge in [-0.25, -0.2) is 4.79 Å². The Morgan fingerprint density at radius 3 is 2.26 bits per heavy atom. The van der Waals surface area contributed by atoms with Crippen LogP contribution in [0.4, 0.5) is 4.79 Å². The number of rotatable bonds is 11. The van der Waals surface area contributed by atoms with Crippen molar-refractivity contribution in [1.29, 1.82) is 0 Å². The summed E-state index contributed by atoms with van der Waals surface area (Å²) in [7, 11) is 0. The summed E-state index contributed by atoms with van der Waals surface area (Å²) in [5.74, 6) is -0.264. The summed E-state index contributed by atoms with van der Waals surface area (Å²) in [6.07, 6.45) is 10.4. The molecule has 0 unspecified atom stereocenters. The molecule has 1 rings (SSSR count). The van der Waals surface area contributed by atoms with Gasteiger partial charge in [0.15, 0.2) is 0 Å². The summed E-state index contributed by atoms with van der Waals surface area (Å²) in [5.41, 5.74) is -0.604. The number of hydrogen-bond acceptors (Lipinski definition) is 6. The van der Waals surface area contributed by atoms with Crippen LogP contribution < -0.4 is 5.32 Å². The number of amides is 1. The van der Waals surface area contributed by atoms with Crippen LogP contribution in [-0.4, -0.2) is 36.2 Å². The SMILES string of the molecule is CCCCCCCCCCCC(=O)OC1=NOC[C@H]1NC(=O)OC(C)(C)C. The van der Waals surface area contributed by atoms with Crippen molar-refractivity contribution in [3.05, 3.63) is 0 Å². The topological polar surface area (TPSA) is 86.2 Å². The second-order valence-corrected chi connectivity index (χ2v) is 7.98. The maximum Gasteiger partial charge on any atom is 0.408 e. The third-order valence-electron chi connectivity index (χ3n) is 4.09. The Morgan fingerprint density at radius 2 is 1.67 bits per heavy atom. The van der Waals surface area contributed by atoms with Crippen LogP contribution in [0, 0.1) is 0 Å². The molecule has 0 aromatic rings. The second kappa shape index (κ2) is 12.6. The Morgan fingerprint density at radius 1 is 1.07 bits per heavy atom. The number of carbonyl (C=O) groups excluding carboxylic acids is 2. The average Bonchev–Trinajstić information content (AvgIpc) is 2.98. The number of oxime groups is 1. The van der Waals surface area contributed by atoms with Gasteiger partial charge in [0.05, 0.1) is 0 Å². The van der Waals surface area contributed by atoms with E-state index < -0.39 is 17.7 Å². The molecule has 0 bridgehead atoms. The zero-order valence-corrected chi connectivity index (χ0v) is 17.3. The zero-order chi connectivity index (χ0) is 20.1. The number of hydrogen-bond donors (Lipinski definition) is 1. The van der Waals surface area contributed by atoms with Gasteiger partial charge in [0.1, 0.15) is 18.2 Å². The minimum Gasteiger partial charge on any atom is -0.444 e. The first-order valence-electron chi connectivity index (χ1n) is 10.2. The summed E-state index contributed by atoms with van der Waals surface area (Å²) in [5, 5.41) is 6.30. The Balaban J connectivity index is 2.15. The molecule has 0 aliphatic carbocycles. The van der Waals surface area contributed by atoms with Crippen LogP contribution in [-0.2, 0) is 19.1 Å². The highest BCUT2D eigenvalue weighted by Crippen LogP contribution is 2.12. The van der Waals surface area contributed by atoms with E-state index in [0.717, 1.165) is 19.3 Å². The molecule has 0 fully saturated rings. The van der Waals surface area contributed by atoms with Gasteiger partial charge >= 0.3 is 12.1 Å². The van der Waals surface area contributed by atoms with Crippen molar-refractivity contribution >= 4 is 18.0 Å². The van der Waals surface area contributed by atoms with E-state index in [1.165, 1.54) is 38.5 Å². The Labute approximate surface area is 163 Å². The maximum atomic E-state index is 12.0. The van der Waals surface area contributed by atoms with Crippen LogP contribution in [0.15, 0.2) is 5.16 Å². The average molecular weight is 385 g/mol. The molecule has 0 aromatic carbocycles.